The van der Waals surface area contributed by atoms with Gasteiger partial charge in [-0.05, 0) is 36.5 Å². The van der Waals surface area contributed by atoms with E-state index in [0.29, 0.717) is 23.2 Å². The lowest BCUT2D eigenvalue weighted by atomic mass is 10.1. The van der Waals surface area contributed by atoms with E-state index >= 15 is 0 Å². The van der Waals surface area contributed by atoms with Crippen molar-refractivity contribution in [3.8, 4) is 0 Å². The lowest BCUT2D eigenvalue weighted by molar-refractivity contribution is -0.122. The zero-order valence-corrected chi connectivity index (χ0v) is 14.7. The van der Waals surface area contributed by atoms with Crippen molar-refractivity contribution in [3.63, 3.8) is 0 Å². The van der Waals surface area contributed by atoms with Gasteiger partial charge >= 0.3 is 0 Å². The van der Waals surface area contributed by atoms with Crippen LogP contribution in [-0.2, 0) is 11.3 Å². The zero-order chi connectivity index (χ0) is 17.1. The largest absolute Gasteiger partial charge is 0.352 e. The fourth-order valence-corrected chi connectivity index (χ4v) is 3.10. The summed E-state index contributed by atoms with van der Waals surface area (Å²) in [6, 6.07) is 7.27. The van der Waals surface area contributed by atoms with E-state index in [-0.39, 0.29) is 17.7 Å². The molecule has 0 aliphatic heterocycles. The number of aromatic nitrogens is 1. The molecule has 0 bridgehead atoms. The summed E-state index contributed by atoms with van der Waals surface area (Å²) >= 11 is 1.43. The number of rotatable bonds is 6. The first-order valence-corrected chi connectivity index (χ1v) is 9.04. The summed E-state index contributed by atoms with van der Waals surface area (Å²) in [4.78, 5) is 28.3. The molecule has 0 atom stereocenters. The Morgan fingerprint density at radius 2 is 1.96 bits per heavy atom. The molecule has 5 nitrogen and oxygen atoms in total. The number of benzene rings is 1. The van der Waals surface area contributed by atoms with Crippen LogP contribution < -0.4 is 10.6 Å². The van der Waals surface area contributed by atoms with Gasteiger partial charge in [0.2, 0.25) is 5.91 Å². The van der Waals surface area contributed by atoms with Crippen LogP contribution in [0.15, 0.2) is 29.6 Å². The summed E-state index contributed by atoms with van der Waals surface area (Å²) in [7, 11) is 0. The topological polar surface area (TPSA) is 71.1 Å². The van der Waals surface area contributed by atoms with E-state index in [1.165, 1.54) is 11.3 Å². The third kappa shape index (κ3) is 4.20. The molecule has 1 aromatic heterocycles. The molecule has 1 aromatic carbocycles. The first-order chi connectivity index (χ1) is 11.5. The van der Waals surface area contributed by atoms with Gasteiger partial charge in [-0.1, -0.05) is 26.0 Å². The number of amides is 2. The highest BCUT2D eigenvalue weighted by molar-refractivity contribution is 7.14. The lowest BCUT2D eigenvalue weighted by Crippen LogP contribution is -2.24. The molecule has 1 heterocycles. The maximum Gasteiger partial charge on any atom is 0.257 e. The van der Waals surface area contributed by atoms with Crippen molar-refractivity contribution < 1.29 is 9.59 Å². The average molecular weight is 343 g/mol. The monoisotopic (exact) mass is 343 g/mol. The van der Waals surface area contributed by atoms with Crippen molar-refractivity contribution in [2.75, 3.05) is 5.32 Å². The van der Waals surface area contributed by atoms with Gasteiger partial charge in [-0.3, -0.25) is 14.9 Å². The lowest BCUT2D eigenvalue weighted by Gasteiger charge is -2.06. The van der Waals surface area contributed by atoms with Crippen LogP contribution in [0.4, 0.5) is 5.13 Å². The summed E-state index contributed by atoms with van der Waals surface area (Å²) in [5, 5.41) is 8.32. The molecule has 1 aliphatic rings. The van der Waals surface area contributed by atoms with E-state index in [1.54, 1.807) is 12.1 Å². The van der Waals surface area contributed by atoms with E-state index in [9.17, 15) is 9.59 Å². The molecular formula is C18H21N3O2S. The average Bonchev–Trinajstić information content (AvgIpc) is 3.32. The van der Waals surface area contributed by atoms with Crippen LogP contribution in [0.1, 0.15) is 54.2 Å². The number of hydrogen-bond acceptors (Lipinski definition) is 4. The number of nitrogens with zero attached hydrogens (tertiary/aromatic N) is 1. The fraction of sp³-hybridized carbons (Fsp3) is 0.389. The molecular weight excluding hydrogens is 322 g/mol. The van der Waals surface area contributed by atoms with E-state index in [4.69, 9.17) is 0 Å². The number of anilines is 1. The van der Waals surface area contributed by atoms with Crippen LogP contribution in [0, 0.1) is 5.92 Å². The minimum absolute atomic E-state index is 0.126. The number of thiazole rings is 1. The van der Waals surface area contributed by atoms with Crippen molar-refractivity contribution in [2.24, 2.45) is 5.92 Å². The van der Waals surface area contributed by atoms with Crippen molar-refractivity contribution in [1.29, 1.82) is 0 Å². The Labute approximate surface area is 145 Å². The highest BCUT2D eigenvalue weighted by Crippen LogP contribution is 2.28. The van der Waals surface area contributed by atoms with Gasteiger partial charge in [0, 0.05) is 23.4 Å². The fourth-order valence-electron chi connectivity index (χ4n) is 2.23. The molecule has 2 N–H and O–H groups in total. The Kier molecular flexibility index (Phi) is 4.94. The van der Waals surface area contributed by atoms with Gasteiger partial charge in [0.15, 0.2) is 5.13 Å². The standard InChI is InChI=1S/C18H21N3O2S/c1-11(2)15-10-24-18(20-15)21-17(23)14-5-3-12(4-6-14)9-19-16(22)13-7-8-13/h3-6,10-11,13H,7-9H2,1-2H3,(H,19,22)(H,20,21,23). The van der Waals surface area contributed by atoms with Gasteiger partial charge in [-0.2, -0.15) is 0 Å². The molecule has 2 amide bonds. The van der Waals surface area contributed by atoms with E-state index in [0.717, 1.165) is 24.1 Å². The van der Waals surface area contributed by atoms with Gasteiger partial charge in [0.1, 0.15) is 0 Å². The molecule has 126 valence electrons. The van der Waals surface area contributed by atoms with E-state index < -0.39 is 0 Å². The van der Waals surface area contributed by atoms with Crippen LogP contribution in [-0.4, -0.2) is 16.8 Å². The SMILES string of the molecule is CC(C)c1csc(NC(=O)c2ccc(CNC(=O)C3CC3)cc2)n1. The predicted molar refractivity (Wildman–Crippen MR) is 95.2 cm³/mol. The molecule has 3 rings (SSSR count). The van der Waals surface area contributed by atoms with Crippen molar-refractivity contribution in [2.45, 2.75) is 39.2 Å². The quantitative estimate of drug-likeness (QED) is 0.843. The third-order valence-corrected chi connectivity index (χ3v) is 4.74. The normalized spacial score (nSPS) is 13.8. The molecule has 24 heavy (non-hydrogen) atoms. The second-order valence-corrected chi connectivity index (χ2v) is 7.23. The molecule has 0 radical (unpaired) electrons. The highest BCUT2D eigenvalue weighted by atomic mass is 32.1. The first-order valence-electron chi connectivity index (χ1n) is 8.16. The molecule has 0 spiro atoms. The number of hydrogen-bond donors (Lipinski definition) is 2. The Bertz CT molecular complexity index is 733. The van der Waals surface area contributed by atoms with Crippen molar-refractivity contribution in [3.05, 3.63) is 46.5 Å². The van der Waals surface area contributed by atoms with Gasteiger partial charge in [-0.25, -0.2) is 4.98 Å². The summed E-state index contributed by atoms with van der Waals surface area (Å²) in [5.41, 5.74) is 2.54. The molecule has 1 saturated carbocycles. The van der Waals surface area contributed by atoms with Crippen LogP contribution in [0.2, 0.25) is 0 Å². The smallest absolute Gasteiger partial charge is 0.257 e. The van der Waals surface area contributed by atoms with Crippen LogP contribution >= 0.6 is 11.3 Å². The van der Waals surface area contributed by atoms with Crippen LogP contribution in [0.3, 0.4) is 0 Å². The number of nitrogens with one attached hydrogen (secondary N) is 2. The summed E-state index contributed by atoms with van der Waals surface area (Å²) in [5.74, 6) is 0.510. The highest BCUT2D eigenvalue weighted by Gasteiger charge is 2.29. The van der Waals surface area contributed by atoms with E-state index in [2.05, 4.69) is 29.5 Å². The third-order valence-electron chi connectivity index (χ3n) is 3.96. The van der Waals surface area contributed by atoms with Gasteiger partial charge in [0.05, 0.1) is 5.69 Å². The minimum atomic E-state index is -0.173. The van der Waals surface area contributed by atoms with E-state index in [1.807, 2.05) is 17.5 Å². The molecule has 0 unspecified atom stereocenters. The molecule has 6 heteroatoms. The second kappa shape index (κ2) is 7.13. The molecule has 1 aliphatic carbocycles. The minimum Gasteiger partial charge on any atom is -0.352 e. The second-order valence-electron chi connectivity index (χ2n) is 6.38. The number of carbonyl (C=O) groups is 2. The first kappa shape index (κ1) is 16.6. The Hall–Kier alpha value is -2.21. The Morgan fingerprint density at radius 1 is 1.25 bits per heavy atom. The summed E-state index contributed by atoms with van der Waals surface area (Å²) in [6.07, 6.45) is 2.00. The predicted octanol–water partition coefficient (Wildman–Crippen LogP) is 3.55. The van der Waals surface area contributed by atoms with Crippen LogP contribution in [0.25, 0.3) is 0 Å². The van der Waals surface area contributed by atoms with Crippen molar-refractivity contribution in [1.82, 2.24) is 10.3 Å². The zero-order valence-electron chi connectivity index (χ0n) is 13.8. The maximum absolute atomic E-state index is 12.3. The maximum atomic E-state index is 12.3. The van der Waals surface area contributed by atoms with Crippen molar-refractivity contribution >= 4 is 28.3 Å². The molecule has 0 saturated heterocycles. The Balaban J connectivity index is 1.55. The Morgan fingerprint density at radius 3 is 2.54 bits per heavy atom. The summed E-state index contributed by atoms with van der Waals surface area (Å²) < 4.78 is 0. The molecule has 2 aromatic rings. The van der Waals surface area contributed by atoms with Gasteiger partial charge < -0.3 is 5.32 Å². The number of carbonyl (C=O) groups excluding carboxylic acids is 2. The van der Waals surface area contributed by atoms with Gasteiger partial charge in [0.25, 0.3) is 5.91 Å². The summed E-state index contributed by atoms with van der Waals surface area (Å²) in [6.45, 7) is 4.64. The molecule has 1 fully saturated rings. The van der Waals surface area contributed by atoms with Gasteiger partial charge in [-0.15, -0.1) is 11.3 Å². The van der Waals surface area contributed by atoms with Crippen LogP contribution in [0.5, 0.6) is 0 Å².